The summed E-state index contributed by atoms with van der Waals surface area (Å²) in [7, 11) is 2.05. The number of carbonyl (C=O) groups is 1. The van der Waals surface area contributed by atoms with Crippen molar-refractivity contribution >= 4 is 33.0 Å². The second-order valence-electron chi connectivity index (χ2n) is 6.29. The molecular formula is C20H24N4OS. The minimum absolute atomic E-state index is 0.0484. The van der Waals surface area contributed by atoms with Crippen LogP contribution in [-0.4, -0.2) is 29.5 Å². The summed E-state index contributed by atoms with van der Waals surface area (Å²) in [4.78, 5) is 17.2. The van der Waals surface area contributed by atoms with Crippen LogP contribution < -0.4 is 10.7 Å². The first-order chi connectivity index (χ1) is 12.7. The summed E-state index contributed by atoms with van der Waals surface area (Å²) in [5.74, 6) is -0.0484. The number of rotatable bonds is 8. The van der Waals surface area contributed by atoms with Crippen LogP contribution in [0.5, 0.6) is 0 Å². The Labute approximate surface area is 158 Å². The van der Waals surface area contributed by atoms with Gasteiger partial charge in [-0.15, -0.1) is 11.3 Å². The van der Waals surface area contributed by atoms with Crippen molar-refractivity contribution in [3.05, 3.63) is 59.2 Å². The third-order valence-electron chi connectivity index (χ3n) is 4.12. The highest BCUT2D eigenvalue weighted by molar-refractivity contribution is 7.20. The van der Waals surface area contributed by atoms with Crippen molar-refractivity contribution < 1.29 is 4.79 Å². The van der Waals surface area contributed by atoms with E-state index in [1.807, 2.05) is 43.4 Å². The van der Waals surface area contributed by atoms with Gasteiger partial charge >= 0.3 is 0 Å². The second kappa shape index (κ2) is 8.78. The van der Waals surface area contributed by atoms with Crippen LogP contribution in [0.15, 0.2) is 48.8 Å². The fraction of sp³-hybridized carbons (Fsp3) is 0.300. The molecule has 0 atom stereocenters. The maximum absolute atomic E-state index is 12.4. The average Bonchev–Trinajstić information content (AvgIpc) is 3.10. The number of nitrogens with one attached hydrogen (secondary N) is 2. The van der Waals surface area contributed by atoms with Crippen molar-refractivity contribution in [1.82, 2.24) is 15.3 Å². The lowest BCUT2D eigenvalue weighted by molar-refractivity contribution is 0.0955. The number of thiophene rings is 1. The zero-order valence-corrected chi connectivity index (χ0v) is 16.0. The van der Waals surface area contributed by atoms with Crippen LogP contribution >= 0.6 is 11.3 Å². The summed E-state index contributed by atoms with van der Waals surface area (Å²) in [6, 6.07) is 12.0. The minimum atomic E-state index is -0.0484. The van der Waals surface area contributed by atoms with E-state index in [-0.39, 0.29) is 5.91 Å². The lowest BCUT2D eigenvalue weighted by Crippen LogP contribution is -2.26. The van der Waals surface area contributed by atoms with E-state index in [1.54, 1.807) is 12.4 Å². The molecule has 26 heavy (non-hydrogen) atoms. The Morgan fingerprint density at radius 3 is 2.77 bits per heavy atom. The van der Waals surface area contributed by atoms with E-state index < -0.39 is 0 Å². The zero-order valence-electron chi connectivity index (χ0n) is 15.2. The van der Waals surface area contributed by atoms with Crippen molar-refractivity contribution in [3.63, 3.8) is 0 Å². The molecule has 1 aromatic carbocycles. The number of aromatic nitrogens is 1. The van der Waals surface area contributed by atoms with E-state index in [0.29, 0.717) is 11.4 Å². The lowest BCUT2D eigenvalue weighted by Gasteiger charge is -2.19. The normalized spacial score (nSPS) is 11.0. The van der Waals surface area contributed by atoms with E-state index in [1.165, 1.54) is 24.2 Å². The topological polar surface area (TPSA) is 57.3 Å². The molecule has 0 saturated heterocycles. The molecule has 5 nitrogen and oxygen atoms in total. The van der Waals surface area contributed by atoms with Gasteiger partial charge in [0.05, 0.1) is 9.58 Å². The first kappa shape index (κ1) is 18.4. The summed E-state index contributed by atoms with van der Waals surface area (Å²) < 4.78 is 1.03. The Balaban J connectivity index is 1.53. The van der Waals surface area contributed by atoms with Gasteiger partial charge in [0.2, 0.25) is 0 Å². The maximum Gasteiger partial charge on any atom is 0.261 e. The van der Waals surface area contributed by atoms with E-state index in [9.17, 15) is 4.79 Å². The van der Waals surface area contributed by atoms with Gasteiger partial charge in [0.25, 0.3) is 5.91 Å². The van der Waals surface area contributed by atoms with Gasteiger partial charge in [0.15, 0.2) is 0 Å². The number of pyridine rings is 1. The highest BCUT2D eigenvalue weighted by Crippen LogP contribution is 2.24. The number of carbonyl (C=O) groups excluding carboxylic acids is 1. The Hall–Kier alpha value is -2.44. The molecule has 136 valence electrons. The summed E-state index contributed by atoms with van der Waals surface area (Å²) >= 11 is 1.47. The highest BCUT2D eigenvalue weighted by atomic mass is 32.1. The van der Waals surface area contributed by atoms with Crippen LogP contribution in [0.25, 0.3) is 10.1 Å². The van der Waals surface area contributed by atoms with Gasteiger partial charge < -0.3 is 10.7 Å². The average molecular weight is 369 g/mol. The Kier molecular flexibility index (Phi) is 6.20. The predicted molar refractivity (Wildman–Crippen MR) is 108 cm³/mol. The van der Waals surface area contributed by atoms with E-state index in [0.717, 1.165) is 27.9 Å². The number of anilines is 1. The predicted octanol–water partition coefficient (Wildman–Crippen LogP) is 4.29. The maximum atomic E-state index is 12.4. The van der Waals surface area contributed by atoms with Gasteiger partial charge in [-0.3, -0.25) is 9.78 Å². The first-order valence-electron chi connectivity index (χ1n) is 8.84. The zero-order chi connectivity index (χ0) is 18.4. The first-order valence-corrected chi connectivity index (χ1v) is 9.66. The number of hydrazine groups is 1. The monoisotopic (exact) mass is 368 g/mol. The molecule has 2 heterocycles. The molecular weight excluding hydrogens is 344 g/mol. The van der Waals surface area contributed by atoms with Crippen LogP contribution in [0.2, 0.25) is 0 Å². The molecule has 0 spiro atoms. The Morgan fingerprint density at radius 2 is 2.04 bits per heavy atom. The fourth-order valence-electron chi connectivity index (χ4n) is 2.63. The number of fused-ring (bicyclic) bond motifs is 1. The lowest BCUT2D eigenvalue weighted by atomic mass is 10.2. The van der Waals surface area contributed by atoms with Gasteiger partial charge in [-0.2, -0.15) is 0 Å². The van der Waals surface area contributed by atoms with Crippen molar-refractivity contribution in [3.8, 4) is 0 Å². The van der Waals surface area contributed by atoms with Crippen LogP contribution in [-0.2, 0) is 6.54 Å². The molecule has 0 bridgehead atoms. The number of hydrogen-bond donors (Lipinski definition) is 2. The molecule has 0 aliphatic carbocycles. The molecule has 0 fully saturated rings. The van der Waals surface area contributed by atoms with E-state index >= 15 is 0 Å². The van der Waals surface area contributed by atoms with Gasteiger partial charge in [-0.1, -0.05) is 25.5 Å². The van der Waals surface area contributed by atoms with Crippen LogP contribution in [0.4, 0.5) is 5.69 Å². The number of nitrogens with zero attached hydrogens (tertiary/aromatic N) is 2. The third kappa shape index (κ3) is 4.80. The SMILES string of the molecule is CCCCN(C)Nc1ccc(CNC(=O)c2cc3ccncc3s2)cc1. The largest absolute Gasteiger partial charge is 0.347 e. The number of benzene rings is 1. The fourth-order valence-corrected chi connectivity index (χ4v) is 3.58. The molecule has 0 aliphatic heterocycles. The highest BCUT2D eigenvalue weighted by Gasteiger charge is 2.10. The molecule has 0 unspecified atom stereocenters. The van der Waals surface area contributed by atoms with Crippen molar-refractivity contribution in [2.45, 2.75) is 26.3 Å². The van der Waals surface area contributed by atoms with Crippen molar-refractivity contribution in [2.75, 3.05) is 19.0 Å². The van der Waals surface area contributed by atoms with E-state index in [4.69, 9.17) is 0 Å². The van der Waals surface area contributed by atoms with Crippen LogP contribution in [0.3, 0.4) is 0 Å². The molecule has 0 radical (unpaired) electrons. The van der Waals surface area contributed by atoms with Gasteiger partial charge in [-0.05, 0) is 41.6 Å². The standard InChI is InChI=1S/C20H24N4OS/c1-3-4-11-24(2)23-17-7-5-15(6-8-17)13-22-20(25)18-12-16-9-10-21-14-19(16)26-18/h5-10,12,14,23H,3-4,11,13H2,1-2H3,(H,22,25). The summed E-state index contributed by atoms with van der Waals surface area (Å²) in [5.41, 5.74) is 5.47. The molecule has 2 N–H and O–H groups in total. The smallest absolute Gasteiger partial charge is 0.261 e. The van der Waals surface area contributed by atoms with Crippen molar-refractivity contribution in [1.29, 1.82) is 0 Å². The minimum Gasteiger partial charge on any atom is -0.347 e. The molecule has 3 rings (SSSR count). The molecule has 0 saturated carbocycles. The number of hydrogen-bond acceptors (Lipinski definition) is 5. The number of amides is 1. The molecule has 6 heteroatoms. The molecule has 3 aromatic rings. The van der Waals surface area contributed by atoms with Gasteiger partial charge in [0.1, 0.15) is 0 Å². The summed E-state index contributed by atoms with van der Waals surface area (Å²) in [6.07, 6.45) is 5.88. The Bertz CT molecular complexity index is 827. The Morgan fingerprint density at radius 1 is 1.23 bits per heavy atom. The quantitative estimate of drug-likeness (QED) is 0.583. The van der Waals surface area contributed by atoms with E-state index in [2.05, 4.69) is 27.7 Å². The van der Waals surface area contributed by atoms with Gasteiger partial charge in [0, 0.05) is 38.2 Å². The van der Waals surface area contributed by atoms with Crippen LogP contribution in [0.1, 0.15) is 35.0 Å². The van der Waals surface area contributed by atoms with Gasteiger partial charge in [-0.25, -0.2) is 5.01 Å². The van der Waals surface area contributed by atoms with Crippen molar-refractivity contribution in [2.24, 2.45) is 0 Å². The summed E-state index contributed by atoms with van der Waals surface area (Å²) in [6.45, 7) is 3.71. The molecule has 2 aromatic heterocycles. The molecule has 1 amide bonds. The van der Waals surface area contributed by atoms with Crippen LogP contribution in [0, 0.1) is 0 Å². The molecule has 0 aliphatic rings. The number of unbranched alkanes of at least 4 members (excludes halogenated alkanes) is 1. The summed E-state index contributed by atoms with van der Waals surface area (Å²) in [5, 5.41) is 6.13. The second-order valence-corrected chi connectivity index (χ2v) is 7.37. The third-order valence-corrected chi connectivity index (χ3v) is 5.20.